The summed E-state index contributed by atoms with van der Waals surface area (Å²) in [4.78, 5) is 3.47. The summed E-state index contributed by atoms with van der Waals surface area (Å²) in [6.07, 6.45) is -1.53. The van der Waals surface area contributed by atoms with Crippen molar-refractivity contribution >= 4 is 21.6 Å². The van der Waals surface area contributed by atoms with E-state index in [2.05, 4.69) is 9.71 Å². The van der Waals surface area contributed by atoms with Gasteiger partial charge in [-0.2, -0.15) is 13.2 Å². The quantitative estimate of drug-likeness (QED) is 0.631. The van der Waals surface area contributed by atoms with Crippen molar-refractivity contribution in [3.8, 4) is 11.1 Å². The summed E-state index contributed by atoms with van der Waals surface area (Å²) in [6.45, 7) is -0.0882. The number of sulfonamides is 1. The maximum Gasteiger partial charge on any atom is 0.416 e. The van der Waals surface area contributed by atoms with Gasteiger partial charge in [0.25, 0.3) is 0 Å². The number of aromatic nitrogens is 1. The Bertz CT molecular complexity index is 1100. The first-order valence-corrected chi connectivity index (χ1v) is 9.89. The molecular formula is C19H14ClF3N2O2S. The van der Waals surface area contributed by atoms with Crippen LogP contribution in [0.1, 0.15) is 11.1 Å². The second kappa shape index (κ2) is 7.90. The molecule has 0 amide bonds. The predicted molar refractivity (Wildman–Crippen MR) is 100 cm³/mol. The van der Waals surface area contributed by atoms with Crippen molar-refractivity contribution in [3.63, 3.8) is 0 Å². The Morgan fingerprint density at radius 1 is 1.04 bits per heavy atom. The van der Waals surface area contributed by atoms with Crippen molar-refractivity contribution in [3.05, 3.63) is 83.1 Å². The van der Waals surface area contributed by atoms with E-state index in [4.69, 9.17) is 11.6 Å². The topological polar surface area (TPSA) is 59.1 Å². The van der Waals surface area contributed by atoms with Gasteiger partial charge in [-0.05, 0) is 41.5 Å². The molecule has 0 aliphatic heterocycles. The molecule has 1 N–H and O–H groups in total. The minimum Gasteiger partial charge on any atom is -0.263 e. The van der Waals surface area contributed by atoms with Crippen LogP contribution >= 0.6 is 11.6 Å². The van der Waals surface area contributed by atoms with E-state index >= 15 is 0 Å². The van der Waals surface area contributed by atoms with Crippen LogP contribution in [0.2, 0.25) is 5.02 Å². The van der Waals surface area contributed by atoms with E-state index in [0.29, 0.717) is 16.7 Å². The first kappa shape index (κ1) is 20.3. The molecule has 0 radical (unpaired) electrons. The summed E-state index contributed by atoms with van der Waals surface area (Å²) in [5.41, 5.74) is 1.10. The van der Waals surface area contributed by atoms with E-state index in [1.807, 2.05) is 6.07 Å². The van der Waals surface area contributed by atoms with Crippen LogP contribution in [0.25, 0.3) is 11.1 Å². The number of nitrogens with one attached hydrogen (secondary N) is 1. The fourth-order valence-corrected chi connectivity index (χ4v) is 3.85. The SMILES string of the molecule is O=S(=O)(NCc1cccc(-c2ccncc2Cl)c1)c1cccc(C(F)(F)F)c1. The minimum atomic E-state index is -4.62. The summed E-state index contributed by atoms with van der Waals surface area (Å²) >= 11 is 6.13. The molecule has 0 saturated carbocycles. The third-order valence-corrected chi connectivity index (χ3v) is 5.65. The van der Waals surface area contributed by atoms with E-state index < -0.39 is 26.7 Å². The first-order valence-electron chi connectivity index (χ1n) is 8.02. The highest BCUT2D eigenvalue weighted by Gasteiger charge is 2.31. The van der Waals surface area contributed by atoms with Gasteiger partial charge in [0.2, 0.25) is 10.0 Å². The molecule has 1 heterocycles. The zero-order valence-corrected chi connectivity index (χ0v) is 15.8. The maximum absolute atomic E-state index is 12.8. The highest BCUT2D eigenvalue weighted by molar-refractivity contribution is 7.89. The molecule has 3 rings (SSSR count). The molecule has 0 saturated heterocycles. The lowest BCUT2D eigenvalue weighted by molar-refractivity contribution is -0.137. The Balaban J connectivity index is 1.81. The zero-order chi connectivity index (χ0) is 20.4. The largest absolute Gasteiger partial charge is 0.416 e. The number of rotatable bonds is 5. The number of halogens is 4. The molecule has 146 valence electrons. The summed E-state index contributed by atoms with van der Waals surface area (Å²) in [5.74, 6) is 0. The fourth-order valence-electron chi connectivity index (χ4n) is 2.56. The summed E-state index contributed by atoms with van der Waals surface area (Å²) < 4.78 is 65.5. The Morgan fingerprint density at radius 2 is 1.79 bits per heavy atom. The molecule has 3 aromatic rings. The van der Waals surface area contributed by atoms with E-state index in [1.54, 1.807) is 30.5 Å². The average Bonchev–Trinajstić information content (AvgIpc) is 2.66. The standard InChI is InChI=1S/C19H14ClF3N2O2S/c20-18-12-24-8-7-17(18)14-4-1-3-13(9-14)11-25-28(26,27)16-6-2-5-15(10-16)19(21,22)23/h1-10,12,25H,11H2. The Kier molecular flexibility index (Phi) is 5.74. The number of hydrogen-bond acceptors (Lipinski definition) is 3. The minimum absolute atomic E-state index is 0.0882. The fraction of sp³-hybridized carbons (Fsp3) is 0.105. The third kappa shape index (κ3) is 4.70. The zero-order valence-electron chi connectivity index (χ0n) is 14.2. The van der Waals surface area contributed by atoms with Gasteiger partial charge in [0, 0.05) is 24.5 Å². The Morgan fingerprint density at radius 3 is 2.50 bits per heavy atom. The predicted octanol–water partition coefficient (Wildman–Crippen LogP) is 4.90. The highest BCUT2D eigenvalue weighted by Crippen LogP contribution is 2.30. The molecule has 1 aromatic heterocycles. The summed E-state index contributed by atoms with van der Waals surface area (Å²) in [6, 6.07) is 12.3. The normalized spacial score (nSPS) is 12.1. The van der Waals surface area contributed by atoms with Crippen LogP contribution < -0.4 is 4.72 Å². The van der Waals surface area contributed by atoms with Gasteiger partial charge >= 0.3 is 6.18 Å². The van der Waals surface area contributed by atoms with Crippen LogP contribution in [0.4, 0.5) is 13.2 Å². The van der Waals surface area contributed by atoms with Gasteiger partial charge in [-0.25, -0.2) is 13.1 Å². The molecular weight excluding hydrogens is 413 g/mol. The molecule has 9 heteroatoms. The molecule has 0 aliphatic rings. The van der Waals surface area contributed by atoms with Crippen molar-refractivity contribution in [2.75, 3.05) is 0 Å². The first-order chi connectivity index (χ1) is 13.2. The lowest BCUT2D eigenvalue weighted by atomic mass is 10.0. The van der Waals surface area contributed by atoms with Crippen LogP contribution in [0, 0.1) is 0 Å². The molecule has 0 unspecified atom stereocenters. The lowest BCUT2D eigenvalue weighted by Gasteiger charge is -2.11. The highest BCUT2D eigenvalue weighted by atomic mass is 35.5. The third-order valence-electron chi connectivity index (χ3n) is 3.95. The van der Waals surface area contributed by atoms with Crippen molar-refractivity contribution in [1.29, 1.82) is 0 Å². The molecule has 28 heavy (non-hydrogen) atoms. The molecule has 0 spiro atoms. The smallest absolute Gasteiger partial charge is 0.263 e. The number of pyridine rings is 1. The molecule has 0 fully saturated rings. The maximum atomic E-state index is 12.8. The van der Waals surface area contributed by atoms with Gasteiger partial charge in [-0.1, -0.05) is 35.9 Å². The van der Waals surface area contributed by atoms with Gasteiger partial charge in [-0.15, -0.1) is 0 Å². The number of benzene rings is 2. The molecule has 4 nitrogen and oxygen atoms in total. The van der Waals surface area contributed by atoms with Crippen LogP contribution in [-0.2, 0) is 22.7 Å². The molecule has 0 aliphatic carbocycles. The van der Waals surface area contributed by atoms with E-state index in [0.717, 1.165) is 29.3 Å². The van der Waals surface area contributed by atoms with Gasteiger partial charge in [-0.3, -0.25) is 4.98 Å². The monoisotopic (exact) mass is 426 g/mol. The lowest BCUT2D eigenvalue weighted by Crippen LogP contribution is -2.23. The number of alkyl halides is 3. The van der Waals surface area contributed by atoms with Crippen LogP contribution in [0.3, 0.4) is 0 Å². The van der Waals surface area contributed by atoms with E-state index in [1.165, 1.54) is 6.20 Å². The number of nitrogens with zero attached hydrogens (tertiary/aromatic N) is 1. The van der Waals surface area contributed by atoms with E-state index in [-0.39, 0.29) is 6.54 Å². The van der Waals surface area contributed by atoms with E-state index in [9.17, 15) is 21.6 Å². The van der Waals surface area contributed by atoms with Gasteiger partial charge in [0.05, 0.1) is 15.5 Å². The Hall–Kier alpha value is -2.42. The van der Waals surface area contributed by atoms with Crippen LogP contribution in [-0.4, -0.2) is 13.4 Å². The van der Waals surface area contributed by atoms with Gasteiger partial charge in [0.1, 0.15) is 0 Å². The van der Waals surface area contributed by atoms with Crippen molar-refractivity contribution < 1.29 is 21.6 Å². The van der Waals surface area contributed by atoms with Gasteiger partial charge in [0.15, 0.2) is 0 Å². The number of hydrogen-bond donors (Lipinski definition) is 1. The second-order valence-corrected chi connectivity index (χ2v) is 8.08. The molecule has 0 bridgehead atoms. The summed E-state index contributed by atoms with van der Waals surface area (Å²) in [7, 11) is -4.11. The van der Waals surface area contributed by atoms with Crippen LogP contribution in [0.15, 0.2) is 71.9 Å². The second-order valence-electron chi connectivity index (χ2n) is 5.91. The molecule has 0 atom stereocenters. The van der Waals surface area contributed by atoms with Crippen molar-refractivity contribution in [2.45, 2.75) is 17.6 Å². The van der Waals surface area contributed by atoms with Crippen LogP contribution in [0.5, 0.6) is 0 Å². The Labute approximate surface area is 165 Å². The van der Waals surface area contributed by atoms with Crippen molar-refractivity contribution in [2.24, 2.45) is 0 Å². The molecule has 2 aromatic carbocycles. The average molecular weight is 427 g/mol. The summed E-state index contributed by atoms with van der Waals surface area (Å²) in [5, 5.41) is 0.448. The van der Waals surface area contributed by atoms with Crippen molar-refractivity contribution in [1.82, 2.24) is 9.71 Å². The van der Waals surface area contributed by atoms with Gasteiger partial charge < -0.3 is 0 Å².